The van der Waals surface area contributed by atoms with Crippen molar-refractivity contribution in [3.63, 3.8) is 0 Å². The van der Waals surface area contributed by atoms with Crippen molar-refractivity contribution >= 4 is 40.9 Å². The third-order valence-corrected chi connectivity index (χ3v) is 5.54. The van der Waals surface area contributed by atoms with E-state index in [0.717, 1.165) is 10.6 Å². The van der Waals surface area contributed by atoms with Gasteiger partial charge in [-0.15, -0.1) is 0 Å². The van der Waals surface area contributed by atoms with Gasteiger partial charge in [-0.1, -0.05) is 41.0 Å². The van der Waals surface area contributed by atoms with E-state index in [9.17, 15) is 0 Å². The van der Waals surface area contributed by atoms with E-state index in [-0.39, 0.29) is 5.95 Å². The van der Waals surface area contributed by atoms with Crippen LogP contribution in [0.5, 0.6) is 11.5 Å². The smallest absolute Gasteiger partial charge is 0.221 e. The fraction of sp³-hybridized carbons (Fsp3) is 0.200. The molecular formula is C20H17Cl2N3O3S. The third kappa shape index (κ3) is 5.05. The van der Waals surface area contributed by atoms with Crippen LogP contribution in [0.4, 0.5) is 5.95 Å². The molecule has 0 aliphatic carbocycles. The molecule has 0 spiro atoms. The second kappa shape index (κ2) is 9.09. The summed E-state index contributed by atoms with van der Waals surface area (Å²) in [6, 6.07) is 12.9. The van der Waals surface area contributed by atoms with E-state index in [1.54, 1.807) is 12.1 Å². The first-order chi connectivity index (χ1) is 14.1. The SMILES string of the molecule is Nc1nc2cc(n1)-c1cc(c(Cl)cc1Cl)OCCOCCOc1cccc(c1)S2. The molecule has 0 saturated heterocycles. The Morgan fingerprint density at radius 3 is 2.59 bits per heavy atom. The monoisotopic (exact) mass is 449 g/mol. The van der Waals surface area contributed by atoms with Crippen LogP contribution in [0.3, 0.4) is 0 Å². The van der Waals surface area contributed by atoms with Gasteiger partial charge in [-0.2, -0.15) is 0 Å². The molecule has 29 heavy (non-hydrogen) atoms. The molecule has 1 aliphatic rings. The summed E-state index contributed by atoms with van der Waals surface area (Å²) in [5.41, 5.74) is 7.20. The highest BCUT2D eigenvalue weighted by atomic mass is 35.5. The number of nitrogens with two attached hydrogens (primary N) is 1. The molecule has 0 atom stereocenters. The van der Waals surface area contributed by atoms with Crippen molar-refractivity contribution in [1.29, 1.82) is 0 Å². The van der Waals surface area contributed by atoms with Crippen LogP contribution in [0, 0.1) is 0 Å². The number of nitrogen functional groups attached to an aromatic ring is 1. The van der Waals surface area contributed by atoms with Crippen LogP contribution in [-0.2, 0) is 4.74 Å². The molecule has 0 fully saturated rings. The van der Waals surface area contributed by atoms with Crippen molar-refractivity contribution in [1.82, 2.24) is 9.97 Å². The van der Waals surface area contributed by atoms with Crippen molar-refractivity contribution in [2.24, 2.45) is 0 Å². The van der Waals surface area contributed by atoms with E-state index >= 15 is 0 Å². The molecule has 4 rings (SSSR count). The van der Waals surface area contributed by atoms with E-state index < -0.39 is 0 Å². The van der Waals surface area contributed by atoms with Gasteiger partial charge in [-0.3, -0.25) is 0 Å². The van der Waals surface area contributed by atoms with Crippen LogP contribution in [0.15, 0.2) is 52.4 Å². The molecule has 0 saturated carbocycles. The van der Waals surface area contributed by atoms with Gasteiger partial charge in [0.05, 0.1) is 29.0 Å². The number of nitrogens with zero attached hydrogens (tertiary/aromatic N) is 2. The molecule has 150 valence electrons. The van der Waals surface area contributed by atoms with Crippen LogP contribution < -0.4 is 15.2 Å². The Balaban J connectivity index is 1.77. The van der Waals surface area contributed by atoms with Crippen molar-refractivity contribution in [2.75, 3.05) is 32.2 Å². The summed E-state index contributed by atoms with van der Waals surface area (Å²) >= 11 is 14.2. The Kier molecular flexibility index (Phi) is 6.30. The molecule has 0 amide bonds. The van der Waals surface area contributed by atoms with Crippen LogP contribution in [0.1, 0.15) is 0 Å². The Morgan fingerprint density at radius 2 is 1.72 bits per heavy atom. The van der Waals surface area contributed by atoms with Crippen LogP contribution in [-0.4, -0.2) is 36.4 Å². The van der Waals surface area contributed by atoms with Gasteiger partial charge in [0, 0.05) is 10.5 Å². The average Bonchev–Trinajstić information content (AvgIpc) is 2.68. The number of rotatable bonds is 0. The predicted octanol–water partition coefficient (Wildman–Crippen LogP) is 4.97. The zero-order chi connectivity index (χ0) is 20.2. The summed E-state index contributed by atoms with van der Waals surface area (Å²) in [5, 5.41) is 1.54. The lowest BCUT2D eigenvalue weighted by Gasteiger charge is -2.12. The van der Waals surface area contributed by atoms with Crippen molar-refractivity contribution in [3.05, 3.63) is 52.5 Å². The first-order valence-corrected chi connectivity index (χ1v) is 10.4. The number of ether oxygens (including phenoxy) is 3. The summed E-state index contributed by atoms with van der Waals surface area (Å²) in [5.74, 6) is 1.40. The van der Waals surface area contributed by atoms with Crippen LogP contribution in [0.2, 0.25) is 10.0 Å². The maximum absolute atomic E-state index is 6.42. The zero-order valence-electron chi connectivity index (χ0n) is 15.2. The van der Waals surface area contributed by atoms with Crippen molar-refractivity contribution in [3.8, 4) is 22.8 Å². The zero-order valence-corrected chi connectivity index (χ0v) is 17.6. The van der Waals surface area contributed by atoms with Crippen molar-refractivity contribution < 1.29 is 14.2 Å². The van der Waals surface area contributed by atoms with Gasteiger partial charge in [-0.05, 0) is 36.4 Å². The molecule has 2 heterocycles. The third-order valence-electron chi connectivity index (χ3n) is 4.03. The van der Waals surface area contributed by atoms with E-state index in [1.165, 1.54) is 11.8 Å². The fourth-order valence-corrected chi connectivity index (χ4v) is 4.16. The van der Waals surface area contributed by atoms with E-state index in [1.807, 2.05) is 30.3 Å². The summed E-state index contributed by atoms with van der Waals surface area (Å²) in [6.07, 6.45) is 0. The molecular weight excluding hydrogens is 433 g/mol. The fourth-order valence-electron chi connectivity index (χ4n) is 2.75. The normalized spacial score (nSPS) is 14.4. The van der Waals surface area contributed by atoms with Crippen LogP contribution in [0.25, 0.3) is 11.3 Å². The minimum absolute atomic E-state index is 0.150. The van der Waals surface area contributed by atoms with Gasteiger partial charge in [0.1, 0.15) is 29.7 Å². The molecule has 1 aromatic heterocycles. The predicted molar refractivity (Wildman–Crippen MR) is 114 cm³/mol. The minimum Gasteiger partial charge on any atom is -0.491 e. The Bertz CT molecular complexity index is 1040. The Morgan fingerprint density at radius 1 is 0.897 bits per heavy atom. The second-order valence-electron chi connectivity index (χ2n) is 6.10. The van der Waals surface area contributed by atoms with Gasteiger partial charge >= 0.3 is 0 Å². The molecule has 6 nitrogen and oxygen atoms in total. The lowest BCUT2D eigenvalue weighted by atomic mass is 10.1. The maximum atomic E-state index is 6.42. The van der Waals surface area contributed by atoms with Gasteiger partial charge in [0.25, 0.3) is 0 Å². The van der Waals surface area contributed by atoms with E-state index in [2.05, 4.69) is 9.97 Å². The molecule has 2 aromatic carbocycles. The molecule has 1 aliphatic heterocycles. The lowest BCUT2D eigenvalue weighted by molar-refractivity contribution is 0.0764. The second-order valence-corrected chi connectivity index (χ2v) is 8.01. The summed E-state index contributed by atoms with van der Waals surface area (Å²) in [6.45, 7) is 1.62. The summed E-state index contributed by atoms with van der Waals surface area (Å²) in [7, 11) is 0. The van der Waals surface area contributed by atoms with E-state index in [0.29, 0.717) is 58.5 Å². The Labute approximate surface area is 182 Å². The largest absolute Gasteiger partial charge is 0.491 e. The first-order valence-electron chi connectivity index (χ1n) is 8.84. The van der Waals surface area contributed by atoms with Gasteiger partial charge in [0.2, 0.25) is 5.95 Å². The molecule has 2 N–H and O–H groups in total. The quantitative estimate of drug-likeness (QED) is 0.485. The summed E-state index contributed by atoms with van der Waals surface area (Å²) in [4.78, 5) is 9.63. The average molecular weight is 450 g/mol. The topological polar surface area (TPSA) is 79.5 Å². The van der Waals surface area contributed by atoms with Gasteiger partial charge in [-0.25, -0.2) is 9.97 Å². The van der Waals surface area contributed by atoms with Crippen LogP contribution >= 0.6 is 35.0 Å². The highest BCUT2D eigenvalue weighted by Gasteiger charge is 2.14. The number of halogens is 2. The summed E-state index contributed by atoms with van der Waals surface area (Å²) < 4.78 is 17.1. The molecule has 0 unspecified atom stereocenters. The number of aromatic nitrogens is 2. The molecule has 3 aromatic rings. The number of hydrogen-bond donors (Lipinski definition) is 1. The van der Waals surface area contributed by atoms with Gasteiger partial charge < -0.3 is 19.9 Å². The highest BCUT2D eigenvalue weighted by Crippen LogP contribution is 2.38. The number of anilines is 1. The Hall–Kier alpha value is -2.19. The number of hydrogen-bond acceptors (Lipinski definition) is 7. The number of benzene rings is 2. The molecule has 6 bridgehead atoms. The number of fused-ring (bicyclic) bond motifs is 7. The van der Waals surface area contributed by atoms with Gasteiger partial charge in [0.15, 0.2) is 0 Å². The highest BCUT2D eigenvalue weighted by molar-refractivity contribution is 7.99. The molecule has 9 heteroatoms. The molecule has 0 radical (unpaired) electrons. The van der Waals surface area contributed by atoms with E-state index in [4.69, 9.17) is 43.1 Å². The minimum atomic E-state index is 0.150. The van der Waals surface area contributed by atoms with Crippen molar-refractivity contribution in [2.45, 2.75) is 9.92 Å². The maximum Gasteiger partial charge on any atom is 0.221 e. The standard InChI is InChI=1S/C20H17Cl2N3O3S/c21-15-10-16(22)18-9-14(15)17-11-19(25-20(23)24-17)29-13-3-1-2-12(8-13)27-6-4-26-5-7-28-18/h1-3,8-11H,4-7H2,(H2,23,24,25). The first kappa shape index (κ1) is 20.1. The lowest BCUT2D eigenvalue weighted by Crippen LogP contribution is -2.12.